The summed E-state index contributed by atoms with van der Waals surface area (Å²) in [6.07, 6.45) is 6.64. The van der Waals surface area contributed by atoms with Crippen molar-refractivity contribution in [2.45, 2.75) is 63.3 Å². The number of ether oxygens (including phenoxy) is 2. The first-order chi connectivity index (χ1) is 19.4. The Bertz CT molecular complexity index is 1110. The summed E-state index contributed by atoms with van der Waals surface area (Å²) < 4.78 is 11.8. The molecule has 0 radical (unpaired) electrons. The van der Waals surface area contributed by atoms with Crippen LogP contribution in [0, 0.1) is 0 Å². The van der Waals surface area contributed by atoms with Gasteiger partial charge in [-0.25, -0.2) is 4.79 Å². The van der Waals surface area contributed by atoms with Crippen LogP contribution < -0.4 is 9.47 Å². The summed E-state index contributed by atoms with van der Waals surface area (Å²) in [6.45, 7) is 3.75. The monoisotopic (exact) mass is 575 g/mol. The molecule has 12 nitrogen and oxygen atoms in total. The van der Waals surface area contributed by atoms with E-state index in [1.807, 2.05) is 18.5 Å². The van der Waals surface area contributed by atoms with Gasteiger partial charge < -0.3 is 34.8 Å². The number of aromatic nitrogens is 1. The standard InChI is InChI=1S/C23H33N3O2.C6H8O7/c1-25(2)13-14-26(18-20-7-6-12-24-16-20)17-19-10-11-22(23(15-19)27-3)28-21-8-4-5-9-21;7-3(8)1-6(13,5(11)12)2-4(9)10/h6-7,10-12,15-16,21H,4-5,8-9,13-14,17-18H2,1-3H3;13H,1-2H2,(H,7,8)(H,9,10)(H,11,12). The molecular formula is C29H41N3O9. The molecule has 1 aliphatic carbocycles. The number of benzene rings is 1. The minimum absolute atomic E-state index is 0.335. The number of pyridine rings is 1. The van der Waals surface area contributed by atoms with E-state index in [4.69, 9.17) is 29.9 Å². The quantitative estimate of drug-likeness (QED) is 0.245. The second kappa shape index (κ2) is 16.5. The third-order valence-electron chi connectivity index (χ3n) is 6.51. The molecule has 226 valence electrons. The van der Waals surface area contributed by atoms with E-state index in [9.17, 15) is 14.4 Å². The first kappa shape index (κ1) is 33.5. The highest BCUT2D eigenvalue weighted by Crippen LogP contribution is 2.32. The Kier molecular flexibility index (Phi) is 13.5. The smallest absolute Gasteiger partial charge is 0.336 e. The van der Waals surface area contributed by atoms with Crippen LogP contribution >= 0.6 is 0 Å². The molecule has 0 saturated heterocycles. The fraction of sp³-hybridized carbons (Fsp3) is 0.517. The number of methoxy groups -OCH3 is 1. The molecule has 1 aliphatic rings. The molecule has 12 heteroatoms. The Labute approximate surface area is 240 Å². The lowest BCUT2D eigenvalue weighted by Gasteiger charge is -2.25. The number of hydrogen-bond acceptors (Lipinski definition) is 9. The molecule has 1 saturated carbocycles. The Balaban J connectivity index is 0.000000383. The molecule has 1 aromatic heterocycles. The van der Waals surface area contributed by atoms with Gasteiger partial charge in [0.2, 0.25) is 0 Å². The fourth-order valence-corrected chi connectivity index (χ4v) is 4.37. The van der Waals surface area contributed by atoms with Crippen LogP contribution in [0.3, 0.4) is 0 Å². The first-order valence-corrected chi connectivity index (χ1v) is 13.4. The molecule has 0 amide bonds. The van der Waals surface area contributed by atoms with Crippen molar-refractivity contribution in [3.05, 3.63) is 53.9 Å². The van der Waals surface area contributed by atoms with Gasteiger partial charge in [0.05, 0.1) is 26.1 Å². The van der Waals surface area contributed by atoms with Crippen molar-refractivity contribution in [1.82, 2.24) is 14.8 Å². The summed E-state index contributed by atoms with van der Waals surface area (Å²) in [4.78, 5) is 39.4. The van der Waals surface area contributed by atoms with Crippen LogP contribution in [0.15, 0.2) is 42.7 Å². The normalized spacial score (nSPS) is 13.5. The van der Waals surface area contributed by atoms with E-state index in [2.05, 4.69) is 53.1 Å². The first-order valence-electron chi connectivity index (χ1n) is 13.4. The lowest BCUT2D eigenvalue weighted by Crippen LogP contribution is -2.42. The predicted molar refractivity (Wildman–Crippen MR) is 150 cm³/mol. The van der Waals surface area contributed by atoms with Gasteiger partial charge in [0.1, 0.15) is 0 Å². The molecule has 3 rings (SSSR count). The summed E-state index contributed by atoms with van der Waals surface area (Å²) in [7, 11) is 5.95. The van der Waals surface area contributed by atoms with E-state index in [0.29, 0.717) is 6.10 Å². The lowest BCUT2D eigenvalue weighted by molar-refractivity contribution is -0.170. The van der Waals surface area contributed by atoms with Crippen molar-refractivity contribution < 1.29 is 44.3 Å². The van der Waals surface area contributed by atoms with Gasteiger partial charge in [-0.15, -0.1) is 0 Å². The molecule has 1 aromatic carbocycles. The molecule has 0 spiro atoms. The second-order valence-corrected chi connectivity index (χ2v) is 10.4. The molecule has 0 bridgehead atoms. The molecule has 1 heterocycles. The van der Waals surface area contributed by atoms with E-state index in [-0.39, 0.29) is 0 Å². The Hall–Kier alpha value is -3.74. The van der Waals surface area contributed by atoms with Gasteiger partial charge in [-0.05, 0) is 69.1 Å². The fourth-order valence-electron chi connectivity index (χ4n) is 4.37. The summed E-state index contributed by atoms with van der Waals surface area (Å²) >= 11 is 0. The molecule has 0 atom stereocenters. The summed E-state index contributed by atoms with van der Waals surface area (Å²) in [5.41, 5.74) is -0.273. The highest BCUT2D eigenvalue weighted by molar-refractivity contribution is 5.88. The maximum Gasteiger partial charge on any atom is 0.336 e. The van der Waals surface area contributed by atoms with E-state index in [0.717, 1.165) is 50.5 Å². The van der Waals surface area contributed by atoms with Crippen LogP contribution in [0.1, 0.15) is 49.7 Å². The maximum absolute atomic E-state index is 10.3. The maximum atomic E-state index is 10.3. The third kappa shape index (κ3) is 12.1. The van der Waals surface area contributed by atoms with E-state index >= 15 is 0 Å². The van der Waals surface area contributed by atoms with Gasteiger partial charge in [0.15, 0.2) is 17.1 Å². The highest BCUT2D eigenvalue weighted by atomic mass is 16.5. The van der Waals surface area contributed by atoms with Gasteiger partial charge in [0, 0.05) is 38.6 Å². The van der Waals surface area contributed by atoms with Gasteiger partial charge in [-0.2, -0.15) is 0 Å². The van der Waals surface area contributed by atoms with Gasteiger partial charge >= 0.3 is 17.9 Å². The molecule has 2 aromatic rings. The number of likely N-dealkylation sites (N-methyl/N-ethyl adjacent to an activating group) is 1. The number of carboxylic acid groups (broad SMARTS) is 3. The number of aliphatic carboxylic acids is 3. The number of hydrogen-bond donors (Lipinski definition) is 4. The third-order valence-corrected chi connectivity index (χ3v) is 6.51. The molecule has 0 unspecified atom stereocenters. The van der Waals surface area contributed by atoms with Gasteiger partial charge in [-0.3, -0.25) is 19.5 Å². The molecule has 41 heavy (non-hydrogen) atoms. The van der Waals surface area contributed by atoms with Crippen LogP contribution in [0.5, 0.6) is 11.5 Å². The van der Waals surface area contributed by atoms with Crippen molar-refractivity contribution in [2.75, 3.05) is 34.3 Å². The average molecular weight is 576 g/mol. The van der Waals surface area contributed by atoms with Crippen molar-refractivity contribution in [3.63, 3.8) is 0 Å². The van der Waals surface area contributed by atoms with Crippen LogP contribution in [-0.4, -0.2) is 99.1 Å². The Morgan fingerprint density at radius 1 is 0.951 bits per heavy atom. The van der Waals surface area contributed by atoms with E-state index < -0.39 is 36.4 Å². The largest absolute Gasteiger partial charge is 0.493 e. The summed E-state index contributed by atoms with van der Waals surface area (Å²) in [5.74, 6) is -3.32. The lowest BCUT2D eigenvalue weighted by atomic mass is 9.96. The SMILES string of the molecule is COc1cc(CN(CCN(C)C)Cc2cccnc2)ccc1OC1CCCC1.O=C(O)CC(O)(CC(=O)O)C(=O)O. The van der Waals surface area contributed by atoms with Crippen LogP contribution in [0.4, 0.5) is 0 Å². The van der Waals surface area contributed by atoms with Crippen molar-refractivity contribution >= 4 is 17.9 Å². The van der Waals surface area contributed by atoms with Crippen molar-refractivity contribution in [2.24, 2.45) is 0 Å². The predicted octanol–water partition coefficient (Wildman–Crippen LogP) is 2.73. The number of nitrogens with zero attached hydrogens (tertiary/aromatic N) is 3. The Morgan fingerprint density at radius 3 is 2.10 bits per heavy atom. The summed E-state index contributed by atoms with van der Waals surface area (Å²) in [5, 5.41) is 33.8. The van der Waals surface area contributed by atoms with Crippen molar-refractivity contribution in [3.8, 4) is 11.5 Å². The zero-order chi connectivity index (χ0) is 30.4. The van der Waals surface area contributed by atoms with Crippen molar-refractivity contribution in [1.29, 1.82) is 0 Å². The topological polar surface area (TPSA) is 170 Å². The molecule has 4 N–H and O–H groups in total. The number of carbonyl (C=O) groups is 3. The minimum atomic E-state index is -2.74. The molecular weight excluding hydrogens is 534 g/mol. The van der Waals surface area contributed by atoms with Crippen LogP contribution in [0.2, 0.25) is 0 Å². The van der Waals surface area contributed by atoms with E-state index in [1.54, 1.807) is 7.11 Å². The average Bonchev–Trinajstić information content (AvgIpc) is 3.41. The number of rotatable bonds is 15. The zero-order valence-corrected chi connectivity index (χ0v) is 23.9. The van der Waals surface area contributed by atoms with Gasteiger partial charge in [-0.1, -0.05) is 12.1 Å². The number of carboxylic acids is 3. The van der Waals surface area contributed by atoms with Gasteiger partial charge in [0.25, 0.3) is 0 Å². The van der Waals surface area contributed by atoms with E-state index in [1.165, 1.54) is 24.0 Å². The zero-order valence-electron chi connectivity index (χ0n) is 23.9. The summed E-state index contributed by atoms with van der Waals surface area (Å²) in [6, 6.07) is 10.5. The molecule has 0 aliphatic heterocycles. The van der Waals surface area contributed by atoms with Crippen LogP contribution in [0.25, 0.3) is 0 Å². The Morgan fingerprint density at radius 2 is 1.59 bits per heavy atom. The number of aliphatic hydroxyl groups is 1. The highest BCUT2D eigenvalue weighted by Gasteiger charge is 2.40. The molecule has 1 fully saturated rings. The van der Waals surface area contributed by atoms with Crippen LogP contribution in [-0.2, 0) is 27.5 Å². The minimum Gasteiger partial charge on any atom is -0.493 e. The second-order valence-electron chi connectivity index (χ2n) is 10.4.